The summed E-state index contributed by atoms with van der Waals surface area (Å²) in [5.74, 6) is -0.191. The van der Waals surface area contributed by atoms with E-state index in [-0.39, 0.29) is 27.7 Å². The Hall–Kier alpha value is -3.90. The van der Waals surface area contributed by atoms with Crippen molar-refractivity contribution < 1.29 is 4.39 Å². The molecule has 1 aromatic carbocycles. The maximum absolute atomic E-state index is 14.0. The van der Waals surface area contributed by atoms with Crippen LogP contribution in [0.5, 0.6) is 0 Å². The summed E-state index contributed by atoms with van der Waals surface area (Å²) in [7, 11) is 0. The molecule has 156 valence electrons. The molecule has 8 nitrogen and oxygen atoms in total. The first-order valence-corrected chi connectivity index (χ1v) is 9.77. The average molecular weight is 438 g/mol. The van der Waals surface area contributed by atoms with Gasteiger partial charge in [0.1, 0.15) is 40.9 Å². The van der Waals surface area contributed by atoms with Gasteiger partial charge in [0.05, 0.1) is 22.4 Å². The van der Waals surface area contributed by atoms with Gasteiger partial charge in [-0.2, -0.15) is 5.26 Å². The minimum absolute atomic E-state index is 0.0463. The summed E-state index contributed by atoms with van der Waals surface area (Å²) in [5, 5.41) is 12.9. The molecule has 0 aliphatic rings. The SMILES string of the molecule is CCC(Nc1ncnc(N)c1C#N)c1cn2ccc(Cl)c2c(=O)n1-c1cccc(F)c1. The molecule has 0 bridgehead atoms. The van der Waals surface area contributed by atoms with Gasteiger partial charge in [0.15, 0.2) is 0 Å². The van der Waals surface area contributed by atoms with Crippen LogP contribution < -0.4 is 16.6 Å². The normalized spacial score (nSPS) is 11.9. The van der Waals surface area contributed by atoms with Crippen LogP contribution >= 0.6 is 11.6 Å². The summed E-state index contributed by atoms with van der Waals surface area (Å²) < 4.78 is 17.0. The van der Waals surface area contributed by atoms with Crippen molar-refractivity contribution in [2.45, 2.75) is 19.4 Å². The van der Waals surface area contributed by atoms with Crippen LogP contribution in [0.4, 0.5) is 16.0 Å². The number of halogens is 2. The number of nitrogen functional groups attached to an aromatic ring is 1. The summed E-state index contributed by atoms with van der Waals surface area (Å²) in [5.41, 5.74) is 6.65. The maximum Gasteiger partial charge on any atom is 0.281 e. The maximum atomic E-state index is 14.0. The van der Waals surface area contributed by atoms with Crippen molar-refractivity contribution in [2.24, 2.45) is 0 Å². The van der Waals surface area contributed by atoms with Crippen LogP contribution in [-0.2, 0) is 0 Å². The molecule has 0 amide bonds. The molecule has 3 aromatic heterocycles. The molecule has 0 saturated heterocycles. The lowest BCUT2D eigenvalue weighted by molar-refractivity contribution is 0.623. The fourth-order valence-electron chi connectivity index (χ4n) is 3.46. The number of hydrogen-bond donors (Lipinski definition) is 2. The van der Waals surface area contributed by atoms with E-state index in [1.54, 1.807) is 28.9 Å². The van der Waals surface area contributed by atoms with Crippen LogP contribution in [-0.4, -0.2) is 18.9 Å². The van der Waals surface area contributed by atoms with Gasteiger partial charge in [-0.3, -0.25) is 9.36 Å². The second-order valence-electron chi connectivity index (χ2n) is 6.79. The highest BCUT2D eigenvalue weighted by atomic mass is 35.5. The molecule has 10 heteroatoms. The van der Waals surface area contributed by atoms with Crippen molar-refractivity contribution in [3.63, 3.8) is 0 Å². The summed E-state index contributed by atoms with van der Waals surface area (Å²) in [4.78, 5) is 21.4. The van der Waals surface area contributed by atoms with Crippen LogP contribution in [0.3, 0.4) is 0 Å². The number of anilines is 2. The number of hydrogen-bond acceptors (Lipinski definition) is 6. The molecule has 1 unspecified atom stereocenters. The first kappa shape index (κ1) is 20.4. The highest BCUT2D eigenvalue weighted by molar-refractivity contribution is 6.33. The minimum atomic E-state index is -0.479. The Labute approximate surface area is 181 Å². The minimum Gasteiger partial charge on any atom is -0.382 e. The van der Waals surface area contributed by atoms with Crippen molar-refractivity contribution in [2.75, 3.05) is 11.1 Å². The second-order valence-corrected chi connectivity index (χ2v) is 7.20. The third kappa shape index (κ3) is 3.58. The van der Waals surface area contributed by atoms with E-state index in [4.69, 9.17) is 17.3 Å². The van der Waals surface area contributed by atoms with E-state index >= 15 is 0 Å². The van der Waals surface area contributed by atoms with Gasteiger partial charge in [0.2, 0.25) is 0 Å². The molecule has 1 atom stereocenters. The lowest BCUT2D eigenvalue weighted by Crippen LogP contribution is -2.28. The molecule has 0 aliphatic heterocycles. The lowest BCUT2D eigenvalue weighted by Gasteiger charge is -2.23. The Morgan fingerprint density at radius 1 is 1.35 bits per heavy atom. The number of nitrogens with two attached hydrogens (primary N) is 1. The Bertz CT molecular complexity index is 1390. The zero-order valence-electron chi connectivity index (χ0n) is 16.4. The smallest absolute Gasteiger partial charge is 0.281 e. The fraction of sp³-hybridized carbons (Fsp3) is 0.143. The number of rotatable bonds is 5. The number of nitriles is 1. The third-order valence-electron chi connectivity index (χ3n) is 4.93. The van der Waals surface area contributed by atoms with Crippen molar-refractivity contribution >= 4 is 28.8 Å². The Kier molecular flexibility index (Phi) is 5.31. The zero-order chi connectivity index (χ0) is 22.1. The highest BCUT2D eigenvalue weighted by Gasteiger charge is 2.22. The number of fused-ring (bicyclic) bond motifs is 1. The van der Waals surface area contributed by atoms with Crippen LogP contribution in [0.2, 0.25) is 5.02 Å². The first-order valence-electron chi connectivity index (χ1n) is 9.39. The van der Waals surface area contributed by atoms with Gasteiger partial charge < -0.3 is 15.5 Å². The van der Waals surface area contributed by atoms with Gasteiger partial charge in [-0.1, -0.05) is 24.6 Å². The second kappa shape index (κ2) is 8.08. The van der Waals surface area contributed by atoms with E-state index in [1.807, 2.05) is 13.0 Å². The van der Waals surface area contributed by atoms with Gasteiger partial charge in [-0.25, -0.2) is 14.4 Å². The monoisotopic (exact) mass is 437 g/mol. The Balaban J connectivity index is 1.95. The van der Waals surface area contributed by atoms with Crippen molar-refractivity contribution in [1.82, 2.24) is 18.9 Å². The molecule has 0 radical (unpaired) electrons. The third-order valence-corrected chi connectivity index (χ3v) is 5.24. The quantitative estimate of drug-likeness (QED) is 0.492. The van der Waals surface area contributed by atoms with Crippen molar-refractivity contribution in [3.05, 3.63) is 81.5 Å². The van der Waals surface area contributed by atoms with Crippen LogP contribution in [0.15, 0.2) is 53.8 Å². The molecule has 31 heavy (non-hydrogen) atoms. The molecule has 3 heterocycles. The highest BCUT2D eigenvalue weighted by Crippen LogP contribution is 2.27. The van der Waals surface area contributed by atoms with Gasteiger partial charge in [-0.15, -0.1) is 0 Å². The van der Waals surface area contributed by atoms with E-state index in [0.29, 0.717) is 17.8 Å². The average Bonchev–Trinajstić information content (AvgIpc) is 3.13. The van der Waals surface area contributed by atoms with E-state index in [9.17, 15) is 14.4 Å². The largest absolute Gasteiger partial charge is 0.382 e. The predicted octanol–water partition coefficient (Wildman–Crippen LogP) is 3.69. The molecule has 4 aromatic rings. The van der Waals surface area contributed by atoms with Gasteiger partial charge in [0.25, 0.3) is 5.56 Å². The Morgan fingerprint density at radius 3 is 2.87 bits per heavy atom. The van der Waals surface area contributed by atoms with Crippen LogP contribution in [0.1, 0.15) is 30.6 Å². The summed E-state index contributed by atoms with van der Waals surface area (Å²) >= 11 is 6.23. The topological polar surface area (TPSA) is 114 Å². The van der Waals surface area contributed by atoms with E-state index in [2.05, 4.69) is 15.3 Å². The molecule has 0 spiro atoms. The summed E-state index contributed by atoms with van der Waals surface area (Å²) in [6, 6.07) is 8.87. The van der Waals surface area contributed by atoms with E-state index < -0.39 is 17.4 Å². The number of benzene rings is 1. The molecule has 4 rings (SSSR count). The van der Waals surface area contributed by atoms with Crippen molar-refractivity contribution in [1.29, 1.82) is 5.26 Å². The van der Waals surface area contributed by atoms with E-state index in [1.165, 1.54) is 29.1 Å². The molecule has 0 aliphatic carbocycles. The summed E-state index contributed by atoms with van der Waals surface area (Å²) in [6.07, 6.45) is 5.18. The molecular formula is C21H17ClFN7O. The van der Waals surface area contributed by atoms with Crippen molar-refractivity contribution in [3.8, 4) is 11.8 Å². The van der Waals surface area contributed by atoms with Crippen LogP contribution in [0, 0.1) is 17.1 Å². The van der Waals surface area contributed by atoms with Gasteiger partial charge in [0, 0.05) is 12.4 Å². The Morgan fingerprint density at radius 2 is 2.16 bits per heavy atom. The lowest BCUT2D eigenvalue weighted by atomic mass is 10.1. The predicted molar refractivity (Wildman–Crippen MR) is 116 cm³/mol. The molecule has 0 saturated carbocycles. The summed E-state index contributed by atoms with van der Waals surface area (Å²) in [6.45, 7) is 1.90. The zero-order valence-corrected chi connectivity index (χ0v) is 17.1. The van der Waals surface area contributed by atoms with Gasteiger partial charge in [-0.05, 0) is 30.7 Å². The molecule has 0 fully saturated rings. The number of nitrogens with zero attached hydrogens (tertiary/aromatic N) is 5. The molecule has 3 N–H and O–H groups in total. The number of nitrogens with one attached hydrogen (secondary N) is 1. The number of aromatic nitrogens is 4. The van der Waals surface area contributed by atoms with Gasteiger partial charge >= 0.3 is 0 Å². The molecular weight excluding hydrogens is 421 g/mol. The first-order chi connectivity index (χ1) is 14.9. The van der Waals surface area contributed by atoms with Crippen LogP contribution in [0.25, 0.3) is 11.2 Å². The van der Waals surface area contributed by atoms with E-state index in [0.717, 1.165) is 0 Å². The fourth-order valence-corrected chi connectivity index (χ4v) is 3.70. The standard InChI is InChI=1S/C21H17ClFN7O/c1-2-16(28-20-14(9-24)19(25)26-11-27-20)17-10-29-7-6-15(22)18(29)21(31)30(17)13-5-3-4-12(23)8-13/h3-8,10-11,16H,2H2,1H3,(H3,25,26,27,28).